The molecule has 1 saturated carbocycles. The van der Waals surface area contributed by atoms with Crippen molar-refractivity contribution in [1.82, 2.24) is 15.5 Å². The molecule has 1 aromatic heterocycles. The average Bonchev–Trinajstić information content (AvgIpc) is 2.88. The fourth-order valence-corrected chi connectivity index (χ4v) is 2.32. The Labute approximate surface area is 88.9 Å². The number of rotatable bonds is 6. The maximum Gasteiger partial charge on any atom is 0.118 e. The lowest BCUT2D eigenvalue weighted by molar-refractivity contribution is 0.677. The number of nitrogens with zero attached hydrogens (tertiary/aromatic N) is 2. The van der Waals surface area contributed by atoms with Crippen molar-refractivity contribution in [2.24, 2.45) is 0 Å². The van der Waals surface area contributed by atoms with Crippen LogP contribution in [0.5, 0.6) is 0 Å². The lowest BCUT2D eigenvalue weighted by Crippen LogP contribution is -2.19. The fourth-order valence-electron chi connectivity index (χ4n) is 1.37. The van der Waals surface area contributed by atoms with Crippen LogP contribution in [0.4, 0.5) is 0 Å². The Balaban J connectivity index is 1.71. The Morgan fingerprint density at radius 2 is 2.00 bits per heavy atom. The smallest absolute Gasteiger partial charge is 0.118 e. The molecule has 0 unspecified atom stereocenters. The molecule has 0 saturated heterocycles. The van der Waals surface area contributed by atoms with E-state index in [0.29, 0.717) is 0 Å². The molecule has 1 aliphatic carbocycles. The van der Waals surface area contributed by atoms with Crippen LogP contribution < -0.4 is 5.32 Å². The Bertz CT molecular complexity index is 281. The minimum absolute atomic E-state index is 0.804. The molecule has 1 N–H and O–H groups in total. The van der Waals surface area contributed by atoms with Crippen LogP contribution in [0.25, 0.3) is 0 Å². The monoisotopic (exact) mass is 211 g/mol. The van der Waals surface area contributed by atoms with Gasteiger partial charge < -0.3 is 5.32 Å². The highest BCUT2D eigenvalue weighted by atomic mass is 32.1. The predicted octanol–water partition coefficient (Wildman–Crippen LogP) is 1.79. The molecule has 0 spiro atoms. The minimum atomic E-state index is 0.804. The summed E-state index contributed by atoms with van der Waals surface area (Å²) in [7, 11) is 0. The summed E-state index contributed by atoms with van der Waals surface area (Å²) in [5.74, 6) is 0. The third-order valence-electron chi connectivity index (χ3n) is 2.32. The van der Waals surface area contributed by atoms with Gasteiger partial charge in [0.1, 0.15) is 10.0 Å². The molecular weight excluding hydrogens is 194 g/mol. The van der Waals surface area contributed by atoms with Crippen LogP contribution >= 0.6 is 11.3 Å². The van der Waals surface area contributed by atoms with Crippen molar-refractivity contribution in [2.75, 3.05) is 6.54 Å². The Hall–Kier alpha value is -0.480. The first-order valence-corrected chi connectivity index (χ1v) is 6.24. The first-order valence-electron chi connectivity index (χ1n) is 5.43. The van der Waals surface area contributed by atoms with Gasteiger partial charge in [-0.3, -0.25) is 0 Å². The van der Waals surface area contributed by atoms with Crippen LogP contribution in [0.15, 0.2) is 0 Å². The Morgan fingerprint density at radius 1 is 1.29 bits per heavy atom. The molecule has 1 heterocycles. The van der Waals surface area contributed by atoms with Gasteiger partial charge in [-0.15, -0.1) is 21.5 Å². The van der Waals surface area contributed by atoms with E-state index in [1.165, 1.54) is 22.9 Å². The molecule has 78 valence electrons. The summed E-state index contributed by atoms with van der Waals surface area (Å²) >= 11 is 1.77. The van der Waals surface area contributed by atoms with E-state index in [0.717, 1.165) is 31.8 Å². The van der Waals surface area contributed by atoms with Gasteiger partial charge in [-0.2, -0.15) is 0 Å². The standard InChI is InChI=1S/C10H17N3S/c1-2-3-9-12-13-10(14-9)6-7-11-8-4-5-8/h8,11H,2-7H2,1H3. The molecule has 0 bridgehead atoms. The van der Waals surface area contributed by atoms with E-state index in [2.05, 4.69) is 22.4 Å². The lowest BCUT2D eigenvalue weighted by Gasteiger charge is -1.97. The second-order valence-electron chi connectivity index (χ2n) is 3.82. The number of hydrogen-bond acceptors (Lipinski definition) is 4. The molecule has 14 heavy (non-hydrogen) atoms. The van der Waals surface area contributed by atoms with Gasteiger partial charge in [0.2, 0.25) is 0 Å². The summed E-state index contributed by atoms with van der Waals surface area (Å²) in [6, 6.07) is 0.804. The van der Waals surface area contributed by atoms with Gasteiger partial charge in [-0.25, -0.2) is 0 Å². The van der Waals surface area contributed by atoms with Crippen molar-refractivity contribution in [3.8, 4) is 0 Å². The van der Waals surface area contributed by atoms with Gasteiger partial charge in [0.25, 0.3) is 0 Å². The number of aryl methyl sites for hydroxylation is 1. The van der Waals surface area contributed by atoms with Crippen LogP contribution in [0.1, 0.15) is 36.2 Å². The van der Waals surface area contributed by atoms with Crippen molar-refractivity contribution >= 4 is 11.3 Å². The second kappa shape index (κ2) is 4.84. The second-order valence-corrected chi connectivity index (χ2v) is 4.96. The van der Waals surface area contributed by atoms with E-state index in [9.17, 15) is 0 Å². The van der Waals surface area contributed by atoms with Gasteiger partial charge in [0.15, 0.2) is 0 Å². The SMILES string of the molecule is CCCc1nnc(CCNC2CC2)s1. The largest absolute Gasteiger partial charge is 0.314 e. The average molecular weight is 211 g/mol. The topological polar surface area (TPSA) is 37.8 Å². The molecule has 3 nitrogen and oxygen atoms in total. The van der Waals surface area contributed by atoms with Gasteiger partial charge >= 0.3 is 0 Å². The van der Waals surface area contributed by atoms with Gasteiger partial charge in [0.05, 0.1) is 0 Å². The Kier molecular flexibility index (Phi) is 3.48. The normalized spacial score (nSPS) is 16.1. The maximum atomic E-state index is 4.18. The van der Waals surface area contributed by atoms with E-state index in [1.807, 2.05) is 0 Å². The third kappa shape index (κ3) is 3.03. The molecule has 0 amide bonds. The van der Waals surface area contributed by atoms with E-state index in [-0.39, 0.29) is 0 Å². The highest BCUT2D eigenvalue weighted by Crippen LogP contribution is 2.18. The van der Waals surface area contributed by atoms with Gasteiger partial charge in [0, 0.05) is 25.4 Å². The van der Waals surface area contributed by atoms with Crippen molar-refractivity contribution in [1.29, 1.82) is 0 Å². The lowest BCUT2D eigenvalue weighted by atomic mass is 10.4. The van der Waals surface area contributed by atoms with Crippen LogP contribution in [-0.4, -0.2) is 22.8 Å². The summed E-state index contributed by atoms with van der Waals surface area (Å²) in [6.07, 6.45) is 6.00. The summed E-state index contributed by atoms with van der Waals surface area (Å²) < 4.78 is 0. The minimum Gasteiger partial charge on any atom is -0.314 e. The first-order chi connectivity index (χ1) is 6.88. The third-order valence-corrected chi connectivity index (χ3v) is 3.36. The highest BCUT2D eigenvalue weighted by Gasteiger charge is 2.19. The molecule has 1 aromatic rings. The number of aromatic nitrogens is 2. The number of hydrogen-bond donors (Lipinski definition) is 1. The highest BCUT2D eigenvalue weighted by molar-refractivity contribution is 7.11. The molecule has 0 radical (unpaired) electrons. The summed E-state index contributed by atoms with van der Waals surface area (Å²) in [6.45, 7) is 3.24. The van der Waals surface area contributed by atoms with Crippen molar-refractivity contribution in [3.05, 3.63) is 10.0 Å². The zero-order valence-corrected chi connectivity index (χ0v) is 9.44. The molecule has 0 aliphatic heterocycles. The van der Waals surface area contributed by atoms with Gasteiger partial charge in [-0.05, 0) is 19.3 Å². The van der Waals surface area contributed by atoms with Crippen molar-refractivity contribution < 1.29 is 0 Å². The summed E-state index contributed by atoms with van der Waals surface area (Å²) in [5.41, 5.74) is 0. The predicted molar refractivity (Wildman–Crippen MR) is 58.6 cm³/mol. The van der Waals surface area contributed by atoms with Crippen molar-refractivity contribution in [2.45, 2.75) is 45.1 Å². The summed E-state index contributed by atoms with van der Waals surface area (Å²) in [5, 5.41) is 14.2. The molecule has 1 aliphatic rings. The van der Waals surface area contributed by atoms with E-state index < -0.39 is 0 Å². The zero-order valence-electron chi connectivity index (χ0n) is 8.62. The van der Waals surface area contributed by atoms with Crippen LogP contribution in [-0.2, 0) is 12.8 Å². The summed E-state index contributed by atoms with van der Waals surface area (Å²) in [4.78, 5) is 0. The molecule has 0 aromatic carbocycles. The van der Waals surface area contributed by atoms with E-state index in [1.54, 1.807) is 11.3 Å². The van der Waals surface area contributed by atoms with Crippen molar-refractivity contribution in [3.63, 3.8) is 0 Å². The van der Waals surface area contributed by atoms with E-state index in [4.69, 9.17) is 0 Å². The van der Waals surface area contributed by atoms with Crippen LogP contribution in [0.3, 0.4) is 0 Å². The molecule has 1 fully saturated rings. The van der Waals surface area contributed by atoms with Crippen LogP contribution in [0.2, 0.25) is 0 Å². The first kappa shape index (κ1) is 10.1. The quantitative estimate of drug-likeness (QED) is 0.779. The zero-order chi connectivity index (χ0) is 9.80. The Morgan fingerprint density at radius 3 is 2.64 bits per heavy atom. The van der Waals surface area contributed by atoms with Gasteiger partial charge in [-0.1, -0.05) is 6.92 Å². The molecular formula is C10H17N3S. The van der Waals surface area contributed by atoms with E-state index >= 15 is 0 Å². The molecule has 2 rings (SSSR count). The molecule has 0 atom stereocenters. The number of nitrogens with one attached hydrogen (secondary N) is 1. The molecule has 4 heteroatoms. The maximum absolute atomic E-state index is 4.18. The van der Waals surface area contributed by atoms with Crippen LogP contribution in [0, 0.1) is 0 Å². The fraction of sp³-hybridized carbons (Fsp3) is 0.800.